The zero-order chi connectivity index (χ0) is 15.4. The van der Waals surface area contributed by atoms with Gasteiger partial charge in [0.15, 0.2) is 0 Å². The Hall–Kier alpha value is -1.91. The second-order valence-electron chi connectivity index (χ2n) is 5.08. The van der Waals surface area contributed by atoms with Crippen molar-refractivity contribution in [2.24, 2.45) is 5.73 Å². The summed E-state index contributed by atoms with van der Waals surface area (Å²) >= 11 is 0. The van der Waals surface area contributed by atoms with Crippen LogP contribution in [0.3, 0.4) is 0 Å². The Kier molecular flexibility index (Phi) is 4.94. The molecule has 0 saturated carbocycles. The van der Waals surface area contributed by atoms with Gasteiger partial charge in [-0.25, -0.2) is 4.39 Å². The van der Waals surface area contributed by atoms with Gasteiger partial charge in [0, 0.05) is 18.0 Å². The Morgan fingerprint density at radius 3 is 2.43 bits per heavy atom. The monoisotopic (exact) mass is 289 g/mol. The SMILES string of the molecule is COc1ccc(C)cc1C(O)C(CN)c1ccc(F)cc1. The fourth-order valence-electron chi connectivity index (χ4n) is 2.46. The molecule has 2 aromatic carbocycles. The average Bonchev–Trinajstić information content (AvgIpc) is 2.49. The lowest BCUT2D eigenvalue weighted by atomic mass is 9.88. The number of rotatable bonds is 5. The Balaban J connectivity index is 2.38. The van der Waals surface area contributed by atoms with Crippen LogP contribution in [0.25, 0.3) is 0 Å². The van der Waals surface area contributed by atoms with Crippen LogP contribution < -0.4 is 10.5 Å². The highest BCUT2D eigenvalue weighted by Gasteiger charge is 2.24. The molecule has 2 aromatic rings. The minimum Gasteiger partial charge on any atom is -0.496 e. The van der Waals surface area contributed by atoms with Gasteiger partial charge in [-0.2, -0.15) is 0 Å². The molecule has 3 nitrogen and oxygen atoms in total. The third kappa shape index (κ3) is 3.40. The van der Waals surface area contributed by atoms with Crippen molar-refractivity contribution in [3.63, 3.8) is 0 Å². The summed E-state index contributed by atoms with van der Waals surface area (Å²) in [6.07, 6.45) is -0.810. The Bertz CT molecular complexity index is 598. The number of benzene rings is 2. The van der Waals surface area contributed by atoms with Crippen LogP contribution in [0.15, 0.2) is 42.5 Å². The lowest BCUT2D eigenvalue weighted by molar-refractivity contribution is 0.143. The van der Waals surface area contributed by atoms with Crippen LogP contribution in [-0.2, 0) is 0 Å². The van der Waals surface area contributed by atoms with Crippen molar-refractivity contribution >= 4 is 0 Å². The summed E-state index contributed by atoms with van der Waals surface area (Å²) < 4.78 is 18.3. The molecule has 0 bridgehead atoms. The highest BCUT2D eigenvalue weighted by atomic mass is 19.1. The zero-order valence-corrected chi connectivity index (χ0v) is 12.2. The maximum absolute atomic E-state index is 13.0. The third-order valence-electron chi connectivity index (χ3n) is 3.64. The molecule has 2 atom stereocenters. The molecule has 0 heterocycles. The van der Waals surface area contributed by atoms with Gasteiger partial charge in [-0.1, -0.05) is 23.8 Å². The lowest BCUT2D eigenvalue weighted by Crippen LogP contribution is -2.20. The minimum atomic E-state index is -0.810. The van der Waals surface area contributed by atoms with Gasteiger partial charge < -0.3 is 15.6 Å². The minimum absolute atomic E-state index is 0.254. The van der Waals surface area contributed by atoms with Crippen LogP contribution in [0.1, 0.15) is 28.7 Å². The van der Waals surface area contributed by atoms with Crippen LogP contribution >= 0.6 is 0 Å². The fourth-order valence-corrected chi connectivity index (χ4v) is 2.46. The van der Waals surface area contributed by atoms with E-state index in [9.17, 15) is 9.50 Å². The van der Waals surface area contributed by atoms with Crippen molar-refractivity contribution in [3.05, 3.63) is 65.0 Å². The number of ether oxygens (including phenoxy) is 1. The van der Waals surface area contributed by atoms with E-state index in [0.29, 0.717) is 11.3 Å². The smallest absolute Gasteiger partial charge is 0.124 e. The zero-order valence-electron chi connectivity index (χ0n) is 12.2. The van der Waals surface area contributed by atoms with Gasteiger partial charge in [0.2, 0.25) is 0 Å². The van der Waals surface area contributed by atoms with Gasteiger partial charge in [-0.05, 0) is 36.8 Å². The van der Waals surface area contributed by atoms with Crippen molar-refractivity contribution in [2.45, 2.75) is 18.9 Å². The van der Waals surface area contributed by atoms with E-state index in [1.54, 1.807) is 19.2 Å². The van der Waals surface area contributed by atoms with E-state index < -0.39 is 6.10 Å². The predicted octanol–water partition coefficient (Wildman–Crippen LogP) is 2.92. The predicted molar refractivity (Wildman–Crippen MR) is 80.9 cm³/mol. The van der Waals surface area contributed by atoms with E-state index >= 15 is 0 Å². The van der Waals surface area contributed by atoms with Gasteiger partial charge in [-0.15, -0.1) is 0 Å². The van der Waals surface area contributed by atoms with E-state index in [2.05, 4.69) is 0 Å². The molecule has 2 unspecified atom stereocenters. The van der Waals surface area contributed by atoms with Crippen molar-refractivity contribution < 1.29 is 14.2 Å². The second-order valence-corrected chi connectivity index (χ2v) is 5.08. The molecule has 0 amide bonds. The first-order chi connectivity index (χ1) is 10.1. The molecule has 0 radical (unpaired) electrons. The molecule has 2 rings (SSSR count). The van der Waals surface area contributed by atoms with E-state index in [0.717, 1.165) is 11.1 Å². The number of methoxy groups -OCH3 is 1. The van der Waals surface area contributed by atoms with Crippen LogP contribution in [0.5, 0.6) is 5.75 Å². The quantitative estimate of drug-likeness (QED) is 0.890. The van der Waals surface area contributed by atoms with Gasteiger partial charge in [0.05, 0.1) is 13.2 Å². The van der Waals surface area contributed by atoms with Crippen LogP contribution in [0.4, 0.5) is 4.39 Å². The average molecular weight is 289 g/mol. The van der Waals surface area contributed by atoms with E-state index in [-0.39, 0.29) is 18.3 Å². The highest BCUT2D eigenvalue weighted by molar-refractivity contribution is 5.40. The fraction of sp³-hybridized carbons (Fsp3) is 0.294. The maximum atomic E-state index is 13.0. The number of aliphatic hydroxyl groups excluding tert-OH is 1. The van der Waals surface area contributed by atoms with Gasteiger partial charge >= 0.3 is 0 Å². The van der Waals surface area contributed by atoms with Gasteiger partial charge in [0.25, 0.3) is 0 Å². The van der Waals surface area contributed by atoms with Crippen LogP contribution in [0.2, 0.25) is 0 Å². The van der Waals surface area contributed by atoms with Gasteiger partial charge in [0.1, 0.15) is 11.6 Å². The van der Waals surface area contributed by atoms with Crippen molar-refractivity contribution in [1.29, 1.82) is 0 Å². The number of nitrogens with two attached hydrogens (primary N) is 1. The summed E-state index contributed by atoms with van der Waals surface area (Å²) in [4.78, 5) is 0. The molecule has 3 N–H and O–H groups in total. The molecule has 0 aliphatic heterocycles. The van der Waals surface area contributed by atoms with E-state index in [1.165, 1.54) is 12.1 Å². The number of hydrogen-bond acceptors (Lipinski definition) is 3. The van der Waals surface area contributed by atoms with E-state index in [4.69, 9.17) is 10.5 Å². The summed E-state index contributed by atoms with van der Waals surface area (Å²) in [5, 5.41) is 10.7. The molecule has 4 heteroatoms. The van der Waals surface area contributed by atoms with Gasteiger partial charge in [-0.3, -0.25) is 0 Å². The van der Waals surface area contributed by atoms with Crippen LogP contribution in [0, 0.1) is 12.7 Å². The normalized spacial score (nSPS) is 13.8. The number of halogens is 1. The maximum Gasteiger partial charge on any atom is 0.124 e. The molecule has 0 fully saturated rings. The molecular formula is C17H20FNO2. The molecular weight excluding hydrogens is 269 g/mol. The van der Waals surface area contributed by atoms with Crippen molar-refractivity contribution in [3.8, 4) is 5.75 Å². The summed E-state index contributed by atoms with van der Waals surface area (Å²) in [5.41, 5.74) is 8.34. The highest BCUT2D eigenvalue weighted by Crippen LogP contribution is 2.35. The van der Waals surface area contributed by atoms with Crippen molar-refractivity contribution in [2.75, 3.05) is 13.7 Å². The molecule has 0 spiro atoms. The summed E-state index contributed by atoms with van der Waals surface area (Å²) in [7, 11) is 1.57. The number of aryl methyl sites for hydroxylation is 1. The van der Waals surface area contributed by atoms with Crippen molar-refractivity contribution in [1.82, 2.24) is 0 Å². The summed E-state index contributed by atoms with van der Waals surface area (Å²) in [5.74, 6) is -0.00731. The first-order valence-electron chi connectivity index (χ1n) is 6.85. The topological polar surface area (TPSA) is 55.5 Å². The molecule has 0 aliphatic carbocycles. The number of hydrogen-bond donors (Lipinski definition) is 2. The molecule has 21 heavy (non-hydrogen) atoms. The summed E-state index contributed by atoms with van der Waals surface area (Å²) in [6.45, 7) is 2.20. The van der Waals surface area contributed by atoms with Crippen LogP contribution in [-0.4, -0.2) is 18.8 Å². The first kappa shape index (κ1) is 15.5. The Morgan fingerprint density at radius 1 is 1.19 bits per heavy atom. The third-order valence-corrected chi connectivity index (χ3v) is 3.64. The second kappa shape index (κ2) is 6.70. The molecule has 0 aliphatic rings. The number of aliphatic hydroxyl groups is 1. The largest absolute Gasteiger partial charge is 0.496 e. The Morgan fingerprint density at radius 2 is 1.86 bits per heavy atom. The molecule has 112 valence electrons. The first-order valence-corrected chi connectivity index (χ1v) is 6.85. The molecule has 0 saturated heterocycles. The standard InChI is InChI=1S/C17H20FNO2/c1-11-3-8-16(21-2)14(9-11)17(20)15(10-19)12-4-6-13(18)7-5-12/h3-9,15,17,20H,10,19H2,1-2H3. The molecule has 0 aromatic heterocycles. The lowest BCUT2D eigenvalue weighted by Gasteiger charge is -2.24. The van der Waals surface area contributed by atoms with E-state index in [1.807, 2.05) is 25.1 Å². The Labute approximate surface area is 124 Å². The summed E-state index contributed by atoms with van der Waals surface area (Å²) in [6, 6.07) is 11.7.